The molecule has 11 heteroatoms. The first-order chi connectivity index (χ1) is 18.7. The van der Waals surface area contributed by atoms with Crippen LogP contribution in [0.25, 0.3) is 10.8 Å². The van der Waals surface area contributed by atoms with Crippen LogP contribution in [0, 0.1) is 5.92 Å². The van der Waals surface area contributed by atoms with Crippen LogP contribution in [0.4, 0.5) is 11.6 Å². The number of pyridine rings is 3. The van der Waals surface area contributed by atoms with Crippen molar-refractivity contribution in [2.24, 2.45) is 11.7 Å². The van der Waals surface area contributed by atoms with Crippen LogP contribution in [0.3, 0.4) is 0 Å². The number of aromatic nitrogens is 3. The van der Waals surface area contributed by atoms with Crippen LogP contribution in [-0.2, 0) is 20.1 Å². The molecule has 4 heterocycles. The first-order valence-corrected chi connectivity index (χ1v) is 15.7. The van der Waals surface area contributed by atoms with Gasteiger partial charge in [-0.1, -0.05) is 13.8 Å². The Morgan fingerprint density at radius 3 is 2.58 bits per heavy atom. The Labute approximate surface area is 235 Å². The molecule has 3 aromatic heterocycles. The highest BCUT2D eigenvalue weighted by Gasteiger charge is 2.40. The van der Waals surface area contributed by atoms with E-state index in [0.29, 0.717) is 48.0 Å². The highest BCUT2D eigenvalue weighted by Crippen LogP contribution is 2.39. The molecule has 2 atom stereocenters. The number of carbonyl (C=O) groups excluding carboxylic acids is 1. The molecule has 3 N–H and O–H groups in total. The van der Waals surface area contributed by atoms with Gasteiger partial charge in [-0.25, -0.2) is 28.2 Å². The lowest BCUT2D eigenvalue weighted by molar-refractivity contribution is -0.0189. The summed E-state index contributed by atoms with van der Waals surface area (Å²) in [5.74, 6) is 1.39. The zero-order valence-electron chi connectivity index (χ0n) is 23.8. The van der Waals surface area contributed by atoms with Crippen LogP contribution in [0.1, 0.15) is 81.4 Å². The van der Waals surface area contributed by atoms with Crippen molar-refractivity contribution >= 4 is 38.2 Å². The Kier molecular flexibility index (Phi) is 7.02. The monoisotopic (exact) mass is 567 g/mol. The van der Waals surface area contributed by atoms with Gasteiger partial charge >= 0.3 is 5.97 Å². The van der Waals surface area contributed by atoms with Gasteiger partial charge < -0.3 is 20.5 Å². The third-order valence-corrected chi connectivity index (χ3v) is 9.38. The number of sulfone groups is 1. The fraction of sp³-hybridized carbons (Fsp3) is 0.517. The van der Waals surface area contributed by atoms with Gasteiger partial charge in [-0.05, 0) is 75.1 Å². The van der Waals surface area contributed by atoms with Crippen molar-refractivity contribution < 1.29 is 22.7 Å². The summed E-state index contributed by atoms with van der Waals surface area (Å²) >= 11 is 0. The van der Waals surface area contributed by atoms with Gasteiger partial charge in [0.25, 0.3) is 0 Å². The first-order valence-electron chi connectivity index (χ1n) is 13.6. The van der Waals surface area contributed by atoms with Gasteiger partial charge in [0.1, 0.15) is 33.2 Å². The zero-order valence-corrected chi connectivity index (χ0v) is 24.6. The average Bonchev–Trinajstić information content (AvgIpc) is 2.85. The van der Waals surface area contributed by atoms with Crippen molar-refractivity contribution in [1.82, 2.24) is 15.0 Å². The van der Waals surface area contributed by atoms with E-state index in [1.54, 1.807) is 24.5 Å². The molecule has 40 heavy (non-hydrogen) atoms. The third kappa shape index (κ3) is 5.49. The number of fused-ring (bicyclic) bond motifs is 2. The molecule has 0 spiro atoms. The summed E-state index contributed by atoms with van der Waals surface area (Å²) in [5, 5.41) is 4.87. The number of cyclic esters (lactones) is 1. The molecule has 5 rings (SSSR count). The summed E-state index contributed by atoms with van der Waals surface area (Å²) in [6.45, 7) is 9.75. The molecular weight excluding hydrogens is 530 g/mol. The fourth-order valence-corrected chi connectivity index (χ4v) is 6.43. The molecule has 0 saturated heterocycles. The standard InChI is InChI=1S/C29H37N5O5S/c1-7-29(5,30)22-14-32-26(38-18-10-17(11-18)15-40(6,36)37)21-13-31-24(12-20(21)22)33-23-9-8-19-25(34-23)16(2)28(3,4)39-27(19)35/h8-9,12-14,16-18H,7,10-11,15,30H2,1-6H3,(H,31,33,34)/t16-,17-,18-,29?/m1/s1. The van der Waals surface area contributed by atoms with Crippen LogP contribution in [0.15, 0.2) is 30.6 Å². The maximum absolute atomic E-state index is 12.5. The summed E-state index contributed by atoms with van der Waals surface area (Å²) in [5.41, 5.74) is 7.39. The van der Waals surface area contributed by atoms with Crippen molar-refractivity contribution in [3.8, 4) is 5.88 Å². The van der Waals surface area contributed by atoms with E-state index in [1.807, 2.05) is 40.7 Å². The molecule has 3 aromatic rings. The second-order valence-electron chi connectivity index (χ2n) is 12.0. The molecule has 0 radical (unpaired) electrons. The number of carbonyl (C=O) groups is 1. The van der Waals surface area contributed by atoms with Crippen LogP contribution < -0.4 is 15.8 Å². The van der Waals surface area contributed by atoms with E-state index in [1.165, 1.54) is 6.26 Å². The smallest absolute Gasteiger partial charge is 0.340 e. The SMILES string of the molecule is CCC(C)(N)c1cnc(O[C@H]2C[C@H](CS(C)(=O)=O)C2)c2cnc(Nc3ccc4c(n3)[C@@H](C)C(C)(C)OC4=O)cc12. The van der Waals surface area contributed by atoms with Gasteiger partial charge in [0, 0.05) is 30.1 Å². The molecule has 0 bridgehead atoms. The van der Waals surface area contributed by atoms with Gasteiger partial charge in [0.2, 0.25) is 5.88 Å². The normalized spacial score (nSPS) is 23.5. The second kappa shape index (κ2) is 9.95. The minimum absolute atomic E-state index is 0.0880. The molecule has 1 aliphatic heterocycles. The second-order valence-corrected chi connectivity index (χ2v) is 14.2. The van der Waals surface area contributed by atoms with Crippen LogP contribution in [0.5, 0.6) is 5.88 Å². The van der Waals surface area contributed by atoms with Crippen LogP contribution in [-0.4, -0.2) is 53.1 Å². The molecule has 0 aromatic carbocycles. The summed E-state index contributed by atoms with van der Waals surface area (Å²) in [4.78, 5) is 26.5. The lowest BCUT2D eigenvalue weighted by Gasteiger charge is -2.36. The molecule has 1 unspecified atom stereocenters. The summed E-state index contributed by atoms with van der Waals surface area (Å²) < 4.78 is 35.0. The lowest BCUT2D eigenvalue weighted by atomic mass is 9.84. The largest absolute Gasteiger partial charge is 0.474 e. The fourth-order valence-electron chi connectivity index (χ4n) is 5.30. The number of anilines is 2. The average molecular weight is 568 g/mol. The van der Waals surface area contributed by atoms with Gasteiger partial charge in [0.05, 0.1) is 22.4 Å². The molecule has 1 aliphatic carbocycles. The molecule has 10 nitrogen and oxygen atoms in total. The number of ether oxygens (including phenoxy) is 2. The van der Waals surface area contributed by atoms with Gasteiger partial charge in [0.15, 0.2) is 0 Å². The van der Waals surface area contributed by atoms with Crippen molar-refractivity contribution in [3.63, 3.8) is 0 Å². The van der Waals surface area contributed by atoms with E-state index in [9.17, 15) is 13.2 Å². The minimum atomic E-state index is -3.02. The van der Waals surface area contributed by atoms with Crippen molar-refractivity contribution in [2.45, 2.75) is 77.0 Å². The highest BCUT2D eigenvalue weighted by molar-refractivity contribution is 7.90. The Hall–Kier alpha value is -3.31. The highest BCUT2D eigenvalue weighted by atomic mass is 32.2. The van der Waals surface area contributed by atoms with E-state index < -0.39 is 21.0 Å². The van der Waals surface area contributed by atoms with Crippen LogP contribution in [0.2, 0.25) is 0 Å². The quantitative estimate of drug-likeness (QED) is 0.370. The number of nitrogens with one attached hydrogen (secondary N) is 1. The molecule has 1 fully saturated rings. The Balaban J connectivity index is 1.46. The predicted molar refractivity (Wildman–Crippen MR) is 154 cm³/mol. The van der Waals surface area contributed by atoms with Crippen molar-refractivity contribution in [3.05, 3.63) is 47.4 Å². The maximum atomic E-state index is 12.5. The molecule has 1 saturated carbocycles. The van der Waals surface area contributed by atoms with Gasteiger partial charge in [-0.3, -0.25) is 0 Å². The number of esters is 1. The maximum Gasteiger partial charge on any atom is 0.340 e. The van der Waals surface area contributed by atoms with E-state index >= 15 is 0 Å². The van der Waals surface area contributed by atoms with Crippen LogP contribution >= 0.6 is 0 Å². The number of hydrogen-bond donors (Lipinski definition) is 2. The summed E-state index contributed by atoms with van der Waals surface area (Å²) in [6.07, 6.45) is 6.66. The first kappa shape index (κ1) is 28.2. The summed E-state index contributed by atoms with van der Waals surface area (Å²) in [7, 11) is -3.02. The number of nitrogens with zero attached hydrogens (tertiary/aromatic N) is 3. The molecular formula is C29H37N5O5S. The van der Waals surface area contributed by atoms with E-state index in [-0.39, 0.29) is 29.7 Å². The number of hydrogen-bond acceptors (Lipinski definition) is 10. The molecule has 2 aliphatic rings. The minimum Gasteiger partial charge on any atom is -0.474 e. The lowest BCUT2D eigenvalue weighted by Crippen LogP contribution is -2.39. The Bertz CT molecular complexity index is 1580. The topological polar surface area (TPSA) is 146 Å². The predicted octanol–water partition coefficient (Wildman–Crippen LogP) is 4.61. The molecule has 0 amide bonds. The van der Waals surface area contributed by atoms with Gasteiger partial charge in [-0.15, -0.1) is 0 Å². The van der Waals surface area contributed by atoms with E-state index in [0.717, 1.165) is 16.3 Å². The van der Waals surface area contributed by atoms with Gasteiger partial charge in [-0.2, -0.15) is 0 Å². The third-order valence-electron chi connectivity index (χ3n) is 8.30. The zero-order chi connectivity index (χ0) is 29.0. The molecule has 214 valence electrons. The van der Waals surface area contributed by atoms with Crippen molar-refractivity contribution in [2.75, 3.05) is 17.3 Å². The van der Waals surface area contributed by atoms with E-state index in [4.69, 9.17) is 20.2 Å². The van der Waals surface area contributed by atoms with Crippen molar-refractivity contribution in [1.29, 1.82) is 0 Å². The van der Waals surface area contributed by atoms with E-state index in [2.05, 4.69) is 15.3 Å². The Morgan fingerprint density at radius 1 is 1.18 bits per heavy atom. The number of nitrogens with two attached hydrogens (primary N) is 1. The Morgan fingerprint density at radius 2 is 1.90 bits per heavy atom. The number of rotatable bonds is 8. The summed E-state index contributed by atoms with van der Waals surface area (Å²) in [6, 6.07) is 5.38.